The highest BCUT2D eigenvalue weighted by molar-refractivity contribution is 7.89. The standard InChI is InChI=1S/C27H34FN7O2S/c1-5-10-34-29-16-27(31-34)38(36,37)33-12-11-32(17-19(2)3)26(18-33)24-14-21-15-30-35(25(21)13-20(24)4)23-8-6-22(28)7-9-23/h6-9,13-16,19,26H,5,10-12,17-18H2,1-4H3. The minimum Gasteiger partial charge on any atom is -0.293 e. The number of piperazine rings is 1. The van der Waals surface area contributed by atoms with E-state index in [1.807, 2.05) is 13.8 Å². The first-order chi connectivity index (χ1) is 18.2. The first-order valence-corrected chi connectivity index (χ1v) is 14.5. The average Bonchev–Trinajstić information content (AvgIpc) is 3.52. The molecule has 5 rings (SSSR count). The van der Waals surface area contributed by atoms with Gasteiger partial charge in [-0.3, -0.25) is 4.90 Å². The van der Waals surface area contributed by atoms with Crippen molar-refractivity contribution in [3.05, 3.63) is 65.7 Å². The van der Waals surface area contributed by atoms with Crippen LogP contribution in [0.2, 0.25) is 0 Å². The van der Waals surface area contributed by atoms with Crippen molar-refractivity contribution >= 4 is 20.9 Å². The number of hydrogen-bond acceptors (Lipinski definition) is 6. The zero-order valence-corrected chi connectivity index (χ0v) is 23.1. The third-order valence-electron chi connectivity index (χ3n) is 6.98. The molecule has 3 heterocycles. The van der Waals surface area contributed by atoms with Crippen LogP contribution in [0.15, 0.2) is 53.8 Å². The van der Waals surface area contributed by atoms with Gasteiger partial charge in [0.2, 0.25) is 5.03 Å². The normalized spacial score (nSPS) is 17.6. The Hall–Kier alpha value is -3.15. The molecule has 1 atom stereocenters. The Morgan fingerprint density at radius 1 is 1.08 bits per heavy atom. The fraction of sp³-hybridized carbons (Fsp3) is 0.444. The summed E-state index contributed by atoms with van der Waals surface area (Å²) in [6, 6.07) is 10.3. The minimum absolute atomic E-state index is 0.00485. The Morgan fingerprint density at radius 2 is 1.84 bits per heavy atom. The lowest BCUT2D eigenvalue weighted by molar-refractivity contribution is 0.105. The predicted octanol–water partition coefficient (Wildman–Crippen LogP) is 4.18. The van der Waals surface area contributed by atoms with Crippen molar-refractivity contribution in [2.24, 2.45) is 5.92 Å². The van der Waals surface area contributed by atoms with Gasteiger partial charge in [0.25, 0.3) is 10.0 Å². The highest BCUT2D eigenvalue weighted by Crippen LogP contribution is 2.34. The summed E-state index contributed by atoms with van der Waals surface area (Å²) in [6.45, 7) is 11.2. The van der Waals surface area contributed by atoms with Gasteiger partial charge in [-0.1, -0.05) is 20.8 Å². The molecule has 4 aromatic rings. The molecule has 38 heavy (non-hydrogen) atoms. The van der Waals surface area contributed by atoms with Crippen LogP contribution in [0.5, 0.6) is 0 Å². The molecule has 2 aromatic carbocycles. The molecular formula is C27H34FN7O2S. The number of aromatic nitrogens is 5. The van der Waals surface area contributed by atoms with Gasteiger partial charge < -0.3 is 0 Å². The van der Waals surface area contributed by atoms with Gasteiger partial charge in [-0.15, -0.1) is 5.10 Å². The van der Waals surface area contributed by atoms with Crippen molar-refractivity contribution in [3.63, 3.8) is 0 Å². The summed E-state index contributed by atoms with van der Waals surface area (Å²) < 4.78 is 43.9. The summed E-state index contributed by atoms with van der Waals surface area (Å²) in [5.74, 6) is 0.138. The fourth-order valence-electron chi connectivity index (χ4n) is 5.18. The van der Waals surface area contributed by atoms with E-state index in [0.29, 0.717) is 32.1 Å². The van der Waals surface area contributed by atoms with Gasteiger partial charge in [-0.05, 0) is 66.8 Å². The van der Waals surface area contributed by atoms with E-state index in [4.69, 9.17) is 0 Å². The predicted molar refractivity (Wildman–Crippen MR) is 144 cm³/mol. The van der Waals surface area contributed by atoms with Crippen molar-refractivity contribution in [1.82, 2.24) is 34.0 Å². The lowest BCUT2D eigenvalue weighted by Gasteiger charge is -2.42. The summed E-state index contributed by atoms with van der Waals surface area (Å²) in [5.41, 5.74) is 3.82. The van der Waals surface area contributed by atoms with Gasteiger partial charge in [-0.2, -0.15) is 19.3 Å². The van der Waals surface area contributed by atoms with Crippen molar-refractivity contribution in [3.8, 4) is 5.69 Å². The molecule has 1 unspecified atom stereocenters. The van der Waals surface area contributed by atoms with E-state index in [1.54, 1.807) is 27.3 Å². The van der Waals surface area contributed by atoms with Crippen LogP contribution in [0.4, 0.5) is 4.39 Å². The number of nitrogens with zero attached hydrogens (tertiary/aromatic N) is 7. The van der Waals surface area contributed by atoms with Gasteiger partial charge >= 0.3 is 0 Å². The molecule has 0 spiro atoms. The van der Waals surface area contributed by atoms with Crippen LogP contribution in [0.1, 0.15) is 44.4 Å². The van der Waals surface area contributed by atoms with Crippen LogP contribution in [-0.4, -0.2) is 68.6 Å². The summed E-state index contributed by atoms with van der Waals surface area (Å²) in [4.78, 5) is 3.82. The highest BCUT2D eigenvalue weighted by Gasteiger charge is 2.37. The maximum atomic E-state index is 13.5. The number of rotatable bonds is 8. The molecule has 0 aliphatic carbocycles. The van der Waals surface area contributed by atoms with E-state index >= 15 is 0 Å². The highest BCUT2D eigenvalue weighted by atomic mass is 32.2. The Morgan fingerprint density at radius 3 is 2.55 bits per heavy atom. The number of benzene rings is 2. The lowest BCUT2D eigenvalue weighted by atomic mass is 9.96. The van der Waals surface area contributed by atoms with E-state index in [9.17, 15) is 12.8 Å². The van der Waals surface area contributed by atoms with Crippen LogP contribution >= 0.6 is 0 Å². The Labute approximate surface area is 222 Å². The van der Waals surface area contributed by atoms with Gasteiger partial charge in [0.05, 0.1) is 30.1 Å². The smallest absolute Gasteiger partial charge is 0.264 e. The molecule has 0 saturated carbocycles. The van der Waals surface area contributed by atoms with Gasteiger partial charge in [0, 0.05) is 37.6 Å². The first kappa shape index (κ1) is 26.5. The van der Waals surface area contributed by atoms with Gasteiger partial charge in [-0.25, -0.2) is 17.5 Å². The largest absolute Gasteiger partial charge is 0.293 e. The van der Waals surface area contributed by atoms with E-state index < -0.39 is 10.0 Å². The lowest BCUT2D eigenvalue weighted by Crippen LogP contribution is -2.51. The number of fused-ring (bicyclic) bond motifs is 1. The quantitative estimate of drug-likeness (QED) is 0.334. The average molecular weight is 540 g/mol. The minimum atomic E-state index is -3.78. The third kappa shape index (κ3) is 5.10. The number of halogens is 1. The van der Waals surface area contributed by atoms with E-state index in [0.717, 1.165) is 40.7 Å². The van der Waals surface area contributed by atoms with Gasteiger partial charge in [0.1, 0.15) is 5.82 Å². The molecule has 9 nitrogen and oxygen atoms in total. The summed E-state index contributed by atoms with van der Waals surface area (Å²) >= 11 is 0. The number of aryl methyl sites for hydroxylation is 2. The van der Waals surface area contributed by atoms with Crippen LogP contribution < -0.4 is 0 Å². The van der Waals surface area contributed by atoms with Crippen LogP contribution in [0.25, 0.3) is 16.6 Å². The molecule has 11 heteroatoms. The molecule has 1 aliphatic rings. The van der Waals surface area contributed by atoms with Crippen LogP contribution in [0, 0.1) is 18.7 Å². The number of sulfonamides is 1. The van der Waals surface area contributed by atoms with E-state index in [-0.39, 0.29) is 16.9 Å². The topological polar surface area (TPSA) is 89.2 Å². The molecule has 0 radical (unpaired) electrons. The SMILES string of the molecule is CCCn1ncc(S(=O)(=O)N2CCN(CC(C)C)C(c3cc4cnn(-c5ccc(F)cc5)c4cc3C)C2)n1. The van der Waals surface area contributed by atoms with E-state index in [2.05, 4.69) is 46.2 Å². The Kier molecular flexibility index (Phi) is 7.34. The molecule has 1 aliphatic heterocycles. The monoisotopic (exact) mass is 539 g/mol. The summed E-state index contributed by atoms with van der Waals surface area (Å²) in [6.07, 6.45) is 3.98. The third-order valence-corrected chi connectivity index (χ3v) is 8.71. The van der Waals surface area contributed by atoms with Crippen molar-refractivity contribution < 1.29 is 12.8 Å². The van der Waals surface area contributed by atoms with Crippen molar-refractivity contribution in [1.29, 1.82) is 0 Å². The molecule has 1 fully saturated rings. The van der Waals surface area contributed by atoms with E-state index in [1.165, 1.54) is 23.1 Å². The molecule has 1 saturated heterocycles. The van der Waals surface area contributed by atoms with Crippen LogP contribution in [-0.2, 0) is 16.6 Å². The first-order valence-electron chi connectivity index (χ1n) is 13.1. The molecule has 2 aromatic heterocycles. The summed E-state index contributed by atoms with van der Waals surface area (Å²) in [7, 11) is -3.78. The molecule has 202 valence electrons. The number of hydrogen-bond donors (Lipinski definition) is 0. The second-order valence-electron chi connectivity index (χ2n) is 10.3. The second kappa shape index (κ2) is 10.5. The molecule has 0 bridgehead atoms. The zero-order chi connectivity index (χ0) is 27.0. The van der Waals surface area contributed by atoms with Crippen molar-refractivity contribution in [2.45, 2.75) is 51.7 Å². The van der Waals surface area contributed by atoms with Gasteiger partial charge in [0.15, 0.2) is 0 Å². The fourth-order valence-corrected chi connectivity index (χ4v) is 6.48. The molecular weight excluding hydrogens is 505 g/mol. The Bertz CT molecular complexity index is 1530. The Balaban J connectivity index is 1.50. The second-order valence-corrected chi connectivity index (χ2v) is 12.2. The molecule has 0 amide bonds. The molecule has 0 N–H and O–H groups in total. The maximum Gasteiger partial charge on any atom is 0.264 e. The zero-order valence-electron chi connectivity index (χ0n) is 22.2. The maximum absolute atomic E-state index is 13.5. The van der Waals surface area contributed by atoms with Crippen molar-refractivity contribution in [2.75, 3.05) is 26.2 Å². The summed E-state index contributed by atoms with van der Waals surface area (Å²) in [5, 5.41) is 13.9. The van der Waals surface area contributed by atoms with Crippen LogP contribution in [0.3, 0.4) is 0 Å².